The van der Waals surface area contributed by atoms with E-state index < -0.39 is 56.5 Å². The van der Waals surface area contributed by atoms with Gasteiger partial charge in [-0.2, -0.15) is 5.09 Å². The van der Waals surface area contributed by atoms with Gasteiger partial charge in [0.05, 0.1) is 12.7 Å². The summed E-state index contributed by atoms with van der Waals surface area (Å²) in [6, 6.07) is 7.07. The van der Waals surface area contributed by atoms with Gasteiger partial charge in [-0.1, -0.05) is 30.7 Å². The van der Waals surface area contributed by atoms with E-state index in [9.17, 15) is 19.6 Å². The van der Waals surface area contributed by atoms with Gasteiger partial charge in [0.25, 0.3) is 0 Å². The highest BCUT2D eigenvalue weighted by atomic mass is 31.2. The minimum atomic E-state index is -4.25. The van der Waals surface area contributed by atoms with E-state index in [4.69, 9.17) is 30.7 Å². The van der Waals surface area contributed by atoms with E-state index in [0.29, 0.717) is 0 Å². The van der Waals surface area contributed by atoms with Gasteiger partial charge in [-0.15, -0.1) is 6.42 Å². The lowest BCUT2D eigenvalue weighted by Gasteiger charge is -2.34. The van der Waals surface area contributed by atoms with E-state index in [1.807, 2.05) is 0 Å². The van der Waals surface area contributed by atoms with Crippen molar-refractivity contribution >= 4 is 19.6 Å². The standard InChI is InChI=1S/C24H31N4O8P/c1-6-24(31)21(29)19(35-23(24)28-13-12-20(25)26-17(28)5)14-33-37(32,36-18-10-8-7-9-11-18)27-16(4)22(30)34-15(2)3/h1,7-13,15-16,19,21,23,29,31H,5,14H2,2-4H3,(H2,25,26)(H,27,32)/t16-,19+,21+,23+,24+,37?/m0/s1. The van der Waals surface area contributed by atoms with Gasteiger partial charge in [0, 0.05) is 6.20 Å². The lowest BCUT2D eigenvalue weighted by molar-refractivity contribution is -0.149. The van der Waals surface area contributed by atoms with Crippen LogP contribution >= 0.6 is 7.75 Å². The summed E-state index contributed by atoms with van der Waals surface area (Å²) in [5.41, 5.74) is 3.45. The van der Waals surface area contributed by atoms with Crippen molar-refractivity contribution in [2.24, 2.45) is 10.7 Å². The zero-order valence-corrected chi connectivity index (χ0v) is 21.6. The fourth-order valence-corrected chi connectivity index (χ4v) is 5.05. The van der Waals surface area contributed by atoms with Crippen molar-refractivity contribution in [2.75, 3.05) is 6.61 Å². The maximum absolute atomic E-state index is 13.7. The van der Waals surface area contributed by atoms with Crippen LogP contribution in [0.25, 0.3) is 0 Å². The molecule has 2 heterocycles. The zero-order chi connectivity index (χ0) is 27.4. The molecule has 13 heteroatoms. The molecule has 37 heavy (non-hydrogen) atoms. The molecule has 1 unspecified atom stereocenters. The number of ether oxygens (including phenoxy) is 2. The van der Waals surface area contributed by atoms with Crippen LogP contribution in [-0.4, -0.2) is 69.7 Å². The Morgan fingerprint density at radius 3 is 2.68 bits per heavy atom. The topological polar surface area (TPSA) is 165 Å². The Hall–Kier alpha value is -3.17. The number of rotatable bonds is 10. The number of hydrogen-bond donors (Lipinski definition) is 4. The average molecular weight is 535 g/mol. The van der Waals surface area contributed by atoms with Crippen LogP contribution in [0.4, 0.5) is 0 Å². The monoisotopic (exact) mass is 534 g/mol. The summed E-state index contributed by atoms with van der Waals surface area (Å²) in [5, 5.41) is 24.4. The highest BCUT2D eigenvalue weighted by molar-refractivity contribution is 7.52. The number of esters is 1. The number of aliphatic hydroxyl groups is 2. The van der Waals surface area contributed by atoms with E-state index in [1.165, 1.54) is 24.1 Å². The fourth-order valence-electron chi connectivity index (χ4n) is 3.54. The van der Waals surface area contributed by atoms with Crippen LogP contribution in [0.2, 0.25) is 0 Å². The van der Waals surface area contributed by atoms with E-state index in [-0.39, 0.29) is 17.4 Å². The largest absolute Gasteiger partial charge is 0.462 e. The second-order valence-electron chi connectivity index (χ2n) is 8.65. The highest BCUT2D eigenvalue weighted by Crippen LogP contribution is 2.46. The van der Waals surface area contributed by atoms with Crippen molar-refractivity contribution < 1.29 is 38.1 Å². The van der Waals surface area contributed by atoms with Gasteiger partial charge in [0.15, 0.2) is 11.8 Å². The zero-order valence-electron chi connectivity index (χ0n) is 20.7. The van der Waals surface area contributed by atoms with Gasteiger partial charge in [-0.3, -0.25) is 9.32 Å². The van der Waals surface area contributed by atoms with Gasteiger partial charge < -0.3 is 34.8 Å². The number of nitrogens with zero attached hydrogens (tertiary/aromatic N) is 2. The number of carbonyl (C=O) groups is 1. The van der Waals surface area contributed by atoms with Crippen molar-refractivity contribution in [3.63, 3.8) is 0 Å². The third-order valence-electron chi connectivity index (χ3n) is 5.36. The molecule has 1 aromatic carbocycles. The van der Waals surface area contributed by atoms with Crippen LogP contribution in [0.1, 0.15) is 20.8 Å². The molecule has 0 aliphatic carbocycles. The smallest absolute Gasteiger partial charge is 0.459 e. The van der Waals surface area contributed by atoms with Crippen molar-refractivity contribution in [1.29, 1.82) is 0 Å². The first-order valence-corrected chi connectivity index (χ1v) is 12.9. The fraction of sp³-hybridized carbons (Fsp3) is 0.417. The van der Waals surface area contributed by atoms with Crippen LogP contribution in [0.3, 0.4) is 0 Å². The van der Waals surface area contributed by atoms with E-state index in [2.05, 4.69) is 22.6 Å². The number of amidine groups is 1. The van der Waals surface area contributed by atoms with Gasteiger partial charge in [0.2, 0.25) is 0 Å². The lowest BCUT2D eigenvalue weighted by atomic mass is 9.94. The molecule has 5 N–H and O–H groups in total. The molecule has 0 saturated carbocycles. The van der Waals surface area contributed by atoms with Crippen LogP contribution in [0, 0.1) is 12.3 Å². The van der Waals surface area contributed by atoms with E-state index in [0.717, 1.165) is 0 Å². The van der Waals surface area contributed by atoms with Crippen LogP contribution in [0.5, 0.6) is 5.75 Å². The number of nitrogens with two attached hydrogens (primary N) is 1. The lowest BCUT2D eigenvalue weighted by Crippen LogP contribution is -2.53. The summed E-state index contributed by atoms with van der Waals surface area (Å²) in [4.78, 5) is 17.6. The number of hydrogen-bond acceptors (Lipinski definition) is 11. The predicted octanol–water partition coefficient (Wildman–Crippen LogP) is 1.23. The molecule has 1 saturated heterocycles. The van der Waals surface area contributed by atoms with E-state index in [1.54, 1.807) is 44.2 Å². The number of para-hydroxylation sites is 1. The Balaban J connectivity index is 1.79. The molecule has 0 spiro atoms. The van der Waals surface area contributed by atoms with Gasteiger partial charge in [-0.25, -0.2) is 9.56 Å². The number of aliphatic hydroxyl groups excluding tert-OH is 1. The summed E-state index contributed by atoms with van der Waals surface area (Å²) in [6.07, 6.45) is 3.79. The molecule has 0 aromatic heterocycles. The third kappa shape index (κ3) is 6.59. The molecule has 200 valence electrons. The summed E-state index contributed by atoms with van der Waals surface area (Å²) >= 11 is 0. The van der Waals surface area contributed by atoms with Crippen LogP contribution in [-0.2, 0) is 23.4 Å². The normalized spacial score (nSPS) is 27.8. The maximum Gasteiger partial charge on any atom is 0.459 e. The molecular formula is C24H31N4O8P. The summed E-state index contributed by atoms with van der Waals surface area (Å²) in [7, 11) is -4.25. The number of carbonyl (C=O) groups excluding carboxylic acids is 1. The van der Waals surface area contributed by atoms with Gasteiger partial charge in [0.1, 0.15) is 35.7 Å². The Morgan fingerprint density at radius 2 is 2.08 bits per heavy atom. The Bertz CT molecular complexity index is 1150. The van der Waals surface area contributed by atoms with Crippen molar-refractivity contribution in [1.82, 2.24) is 9.99 Å². The highest BCUT2D eigenvalue weighted by Gasteiger charge is 2.57. The number of terminal acetylenes is 1. The molecule has 0 bridgehead atoms. The summed E-state index contributed by atoms with van der Waals surface area (Å²) in [5.74, 6) is 1.97. The summed E-state index contributed by atoms with van der Waals surface area (Å²) < 4.78 is 35.8. The SMILES string of the molecule is C#C[C@@]1(O)[C@H](O)[C@@H](COP(=O)(N[C@@H](C)C(=O)OC(C)C)Oc2ccccc2)O[C@H]1N1C=CC(N)=NC1=C. The van der Waals surface area contributed by atoms with Crippen molar-refractivity contribution in [3.05, 3.63) is 55.0 Å². The van der Waals surface area contributed by atoms with Crippen molar-refractivity contribution in [2.45, 2.75) is 57.0 Å². The Morgan fingerprint density at radius 1 is 1.41 bits per heavy atom. The Labute approximate surface area is 215 Å². The minimum Gasteiger partial charge on any atom is -0.462 e. The Kier molecular flexibility index (Phi) is 8.81. The first kappa shape index (κ1) is 28.4. The van der Waals surface area contributed by atoms with E-state index >= 15 is 0 Å². The molecule has 2 aliphatic rings. The van der Waals surface area contributed by atoms with Crippen molar-refractivity contribution in [3.8, 4) is 18.1 Å². The molecular weight excluding hydrogens is 503 g/mol. The maximum atomic E-state index is 13.7. The molecule has 12 nitrogen and oxygen atoms in total. The second-order valence-corrected chi connectivity index (χ2v) is 10.3. The number of aliphatic imine (C=N–C) groups is 1. The molecule has 3 rings (SSSR count). The molecule has 1 fully saturated rings. The summed E-state index contributed by atoms with van der Waals surface area (Å²) in [6.45, 7) is 8.00. The average Bonchev–Trinajstić information content (AvgIpc) is 3.08. The minimum absolute atomic E-state index is 0.115. The quantitative estimate of drug-likeness (QED) is 0.194. The van der Waals surface area contributed by atoms with Gasteiger partial charge >= 0.3 is 13.7 Å². The second kappa shape index (κ2) is 11.5. The predicted molar refractivity (Wildman–Crippen MR) is 135 cm³/mol. The third-order valence-corrected chi connectivity index (χ3v) is 7.01. The first-order valence-electron chi connectivity index (χ1n) is 11.4. The molecule has 0 amide bonds. The molecule has 0 radical (unpaired) electrons. The van der Waals surface area contributed by atoms with Crippen LogP contribution in [0.15, 0.2) is 60.0 Å². The number of benzene rings is 1. The molecule has 6 atom stereocenters. The van der Waals surface area contributed by atoms with Gasteiger partial charge in [-0.05, 0) is 39.0 Å². The molecule has 2 aliphatic heterocycles. The molecule has 1 aromatic rings. The number of nitrogens with one attached hydrogen (secondary N) is 1. The van der Waals surface area contributed by atoms with Crippen LogP contribution < -0.4 is 15.3 Å². The first-order chi connectivity index (χ1) is 17.4.